The van der Waals surface area contributed by atoms with Crippen molar-refractivity contribution in [2.75, 3.05) is 0 Å². The van der Waals surface area contributed by atoms with Gasteiger partial charge in [-0.15, -0.1) is 0 Å². The molecule has 29 heavy (non-hydrogen) atoms. The van der Waals surface area contributed by atoms with Crippen molar-refractivity contribution < 1.29 is 28.3 Å². The molecular weight excluding hydrogens is 368 g/mol. The fraction of sp³-hybridized carbons (Fsp3) is 0.750. The fourth-order valence-corrected chi connectivity index (χ4v) is 4.84. The Kier molecular flexibility index (Phi) is 5.58. The van der Waals surface area contributed by atoms with Gasteiger partial charge in [-0.25, -0.2) is 0 Å². The third-order valence-corrected chi connectivity index (χ3v) is 6.72. The molecule has 1 saturated heterocycles. The summed E-state index contributed by atoms with van der Waals surface area (Å²) in [6.07, 6.45) is 7.52. The highest BCUT2D eigenvalue weighted by molar-refractivity contribution is 5.72. The number of ether oxygens (including phenoxy) is 2. The van der Waals surface area contributed by atoms with E-state index in [-0.39, 0.29) is 54.6 Å². The van der Waals surface area contributed by atoms with Crippen LogP contribution in [0, 0.1) is 29.6 Å². The highest BCUT2D eigenvalue weighted by atomic mass is 16.5. The predicted octanol–water partition coefficient (Wildman–Crippen LogP) is 4.20. The van der Waals surface area contributed by atoms with Crippen molar-refractivity contribution in [2.24, 2.45) is 29.6 Å². The first kappa shape index (κ1) is 17.1. The van der Waals surface area contributed by atoms with Crippen LogP contribution in [0.25, 0.3) is 0 Å². The lowest BCUT2D eigenvalue weighted by molar-refractivity contribution is -0.162. The summed E-state index contributed by atoms with van der Waals surface area (Å²) in [6, 6.07) is 0. The van der Waals surface area contributed by atoms with Crippen LogP contribution in [0.3, 0.4) is 0 Å². The van der Waals surface area contributed by atoms with Gasteiger partial charge in [-0.05, 0) is 49.0 Å². The Morgan fingerprint density at radius 2 is 2.28 bits per heavy atom. The zero-order valence-corrected chi connectivity index (χ0v) is 17.6. The summed E-state index contributed by atoms with van der Waals surface area (Å²) in [7, 11) is 0. The van der Waals surface area contributed by atoms with E-state index in [0.717, 1.165) is 12.0 Å². The number of fused-ring (bicyclic) bond motifs is 1. The lowest BCUT2D eigenvalue weighted by atomic mass is 9.65. The second kappa shape index (κ2) is 9.46. The quantitative estimate of drug-likeness (QED) is 0.639. The van der Waals surface area contributed by atoms with Gasteiger partial charge < -0.3 is 14.6 Å². The van der Waals surface area contributed by atoms with E-state index >= 15 is 0 Å². The normalized spacial score (nSPS) is 40.3. The van der Waals surface area contributed by atoms with Gasteiger partial charge in [0.2, 0.25) is 1.43 Å². The maximum absolute atomic E-state index is 12.7. The predicted molar refractivity (Wildman–Crippen MR) is 111 cm³/mol. The fourth-order valence-electron chi connectivity index (χ4n) is 4.84. The van der Waals surface area contributed by atoms with Gasteiger partial charge in [-0.1, -0.05) is 45.9 Å². The molecule has 0 saturated carbocycles. The summed E-state index contributed by atoms with van der Waals surface area (Å²) >= 11 is 0. The van der Waals surface area contributed by atoms with E-state index in [4.69, 9.17) is 15.0 Å². The second-order valence-corrected chi connectivity index (χ2v) is 8.95. The van der Waals surface area contributed by atoms with E-state index in [0.29, 0.717) is 19.3 Å². The van der Waals surface area contributed by atoms with Crippen LogP contribution in [0.4, 0.5) is 0 Å². The molecule has 5 heteroatoms. The van der Waals surface area contributed by atoms with Crippen LogP contribution in [0.5, 0.6) is 0 Å². The summed E-state index contributed by atoms with van der Waals surface area (Å²) in [5, 5.41) is 4.65. The average molecular weight is 409 g/mol. The molecule has 0 radical (unpaired) electrons. The molecule has 2 aliphatic carbocycles. The zero-order chi connectivity index (χ0) is 24.3. The van der Waals surface area contributed by atoms with Crippen LogP contribution in [0.2, 0.25) is 0 Å². The first-order valence-corrected chi connectivity index (χ1v) is 10.9. The van der Waals surface area contributed by atoms with Gasteiger partial charge in [-0.2, -0.15) is 0 Å². The molecule has 0 aromatic rings. The Morgan fingerprint density at radius 1 is 1.45 bits per heavy atom. The summed E-state index contributed by atoms with van der Waals surface area (Å²) in [6.45, 7) is 3.71. The van der Waals surface area contributed by atoms with Crippen LogP contribution >= 0.6 is 0 Å². The number of carbonyl (C=O) groups excluding carboxylic acids is 2. The standard InChI is InChI=1S/C24H36O5/c1-5-15(3)24(27)29-21-11-14(2)10-17-7-6-16(4)20(23(17)21)9-8-19-12-18(25)13-22(26)28-19/h6-7,10,14-16,18-21,23,25H,5,8-9,11-13H2,1-4H3/t14-,15-,16-,18+,19?,20-,21-,23-/m0/s1/i2D3,25D. The summed E-state index contributed by atoms with van der Waals surface area (Å²) in [4.78, 5) is 24.5. The van der Waals surface area contributed by atoms with Gasteiger partial charge in [-0.3, -0.25) is 9.59 Å². The molecule has 0 spiro atoms. The maximum atomic E-state index is 12.7. The SMILES string of the molecule is [2H]O[C@H]1CC(=O)OC(CC[C@@H]2[C@@H]3C(=C[C@H](C([2H])([2H])[2H])C[C@@H]3OC(=O)[C@@H](C)CC)C=C[C@@H]2C)C1. The van der Waals surface area contributed by atoms with Crippen molar-refractivity contribution in [1.82, 2.24) is 0 Å². The van der Waals surface area contributed by atoms with Gasteiger partial charge in [0.25, 0.3) is 0 Å². The number of allylic oxidation sites excluding steroid dienone is 3. The number of aliphatic hydroxyl groups excluding tert-OH is 1. The molecule has 8 atom stereocenters. The topological polar surface area (TPSA) is 72.8 Å². The second-order valence-electron chi connectivity index (χ2n) is 8.95. The van der Waals surface area contributed by atoms with E-state index in [1.54, 1.807) is 0 Å². The smallest absolute Gasteiger partial charge is 0.308 e. The van der Waals surface area contributed by atoms with E-state index in [9.17, 15) is 9.59 Å². The molecule has 1 aliphatic heterocycles. The van der Waals surface area contributed by atoms with Crippen LogP contribution in [-0.4, -0.2) is 36.8 Å². The average Bonchev–Trinajstić information content (AvgIpc) is 2.76. The third-order valence-electron chi connectivity index (χ3n) is 6.72. The minimum Gasteiger partial charge on any atom is -0.462 e. The Morgan fingerprint density at radius 3 is 3.00 bits per heavy atom. The van der Waals surface area contributed by atoms with Gasteiger partial charge in [0.1, 0.15) is 12.2 Å². The molecule has 1 unspecified atom stereocenters. The molecule has 5 nitrogen and oxygen atoms in total. The van der Waals surface area contributed by atoms with Crippen molar-refractivity contribution >= 4 is 11.9 Å². The Bertz CT molecular complexity index is 777. The molecule has 0 aromatic carbocycles. The van der Waals surface area contributed by atoms with Crippen molar-refractivity contribution in [3.63, 3.8) is 0 Å². The number of aliphatic hydroxyl groups is 1. The summed E-state index contributed by atoms with van der Waals surface area (Å²) in [5.74, 6) is -1.33. The lowest BCUT2D eigenvalue weighted by Gasteiger charge is -2.43. The van der Waals surface area contributed by atoms with Crippen molar-refractivity contribution in [2.45, 2.75) is 84.5 Å². The first-order valence-electron chi connectivity index (χ1n) is 12.9. The number of rotatable bonds is 7. The van der Waals surface area contributed by atoms with Crippen LogP contribution in [-0.2, 0) is 19.1 Å². The molecule has 0 aromatic heterocycles. The molecule has 1 heterocycles. The molecule has 3 aliphatic rings. The van der Waals surface area contributed by atoms with E-state index in [2.05, 4.69) is 18.1 Å². The number of hydrogen-bond acceptors (Lipinski definition) is 5. The van der Waals surface area contributed by atoms with E-state index in [1.165, 1.54) is 0 Å². The van der Waals surface area contributed by atoms with E-state index in [1.807, 2.05) is 26.0 Å². The van der Waals surface area contributed by atoms with Crippen molar-refractivity contribution in [1.29, 1.82) is 1.43 Å². The van der Waals surface area contributed by atoms with Gasteiger partial charge in [0.15, 0.2) is 0 Å². The highest BCUT2D eigenvalue weighted by Crippen LogP contribution is 2.45. The Hall–Kier alpha value is -1.62. The molecule has 1 fully saturated rings. The minimum atomic E-state index is -2.16. The molecule has 0 amide bonds. The monoisotopic (exact) mass is 408 g/mol. The van der Waals surface area contributed by atoms with E-state index < -0.39 is 25.0 Å². The Balaban J connectivity index is 1.82. The lowest BCUT2D eigenvalue weighted by Crippen LogP contribution is -2.42. The van der Waals surface area contributed by atoms with Crippen LogP contribution < -0.4 is 0 Å². The third kappa shape index (κ3) is 5.30. The highest BCUT2D eigenvalue weighted by Gasteiger charge is 2.42. The molecule has 0 bridgehead atoms. The molecule has 1 N–H and O–H groups in total. The van der Waals surface area contributed by atoms with Crippen molar-refractivity contribution in [3.8, 4) is 0 Å². The van der Waals surface area contributed by atoms with Crippen molar-refractivity contribution in [3.05, 3.63) is 23.8 Å². The number of carbonyl (C=O) groups is 2. The molecular formula is C24H36O5. The van der Waals surface area contributed by atoms with Gasteiger partial charge >= 0.3 is 11.9 Å². The van der Waals surface area contributed by atoms with Gasteiger partial charge in [0, 0.05) is 16.5 Å². The number of esters is 2. The minimum absolute atomic E-state index is 0.0980. The first-order chi connectivity index (χ1) is 15.5. The van der Waals surface area contributed by atoms with Gasteiger partial charge in [0.05, 0.1) is 18.4 Å². The van der Waals surface area contributed by atoms with Crippen LogP contribution in [0.15, 0.2) is 23.8 Å². The summed E-state index contributed by atoms with van der Waals surface area (Å²) < 4.78 is 42.4. The Labute approximate surface area is 180 Å². The maximum Gasteiger partial charge on any atom is 0.308 e. The molecule has 162 valence electrons. The molecule has 3 rings (SSSR count). The van der Waals surface area contributed by atoms with Crippen LogP contribution in [0.1, 0.15) is 70.3 Å². The number of cyclic esters (lactones) is 1. The zero-order valence-electron chi connectivity index (χ0n) is 21.6. The summed E-state index contributed by atoms with van der Waals surface area (Å²) in [5.41, 5.74) is 0.917. The number of hydrogen-bond donors (Lipinski definition) is 1. The largest absolute Gasteiger partial charge is 0.462 e.